The van der Waals surface area contributed by atoms with Gasteiger partial charge in [0, 0.05) is 17.8 Å². The smallest absolute Gasteiger partial charge is 0.382 e. The zero-order valence-electron chi connectivity index (χ0n) is 12.8. The van der Waals surface area contributed by atoms with Crippen molar-refractivity contribution >= 4 is 22.8 Å². The molecule has 0 saturated heterocycles. The van der Waals surface area contributed by atoms with E-state index in [9.17, 15) is 18.0 Å². The second-order valence-corrected chi connectivity index (χ2v) is 5.88. The van der Waals surface area contributed by atoms with Gasteiger partial charge in [-0.25, -0.2) is 4.98 Å². The number of pyridine rings is 2. The fraction of sp³-hybridized carbons (Fsp3) is 0.250. The number of nitrogens with zero attached hydrogens (tertiary/aromatic N) is 4. The van der Waals surface area contributed by atoms with Crippen LogP contribution in [-0.2, 0) is 6.18 Å². The molecule has 3 heterocycles. The summed E-state index contributed by atoms with van der Waals surface area (Å²) in [7, 11) is 0. The fourth-order valence-electron chi connectivity index (χ4n) is 2.70. The van der Waals surface area contributed by atoms with Crippen molar-refractivity contribution in [2.24, 2.45) is 0 Å². The molecule has 1 saturated carbocycles. The minimum absolute atomic E-state index is 0.0376. The van der Waals surface area contributed by atoms with Crippen LogP contribution >= 0.6 is 0 Å². The van der Waals surface area contributed by atoms with Crippen molar-refractivity contribution in [2.75, 3.05) is 5.73 Å². The highest BCUT2D eigenvalue weighted by Crippen LogP contribution is 2.40. The number of carbonyl (C=O) groups excluding carboxylic acids is 1. The molecule has 0 amide bonds. The number of rotatable bonds is 2. The second kappa shape index (κ2) is 5.27. The summed E-state index contributed by atoms with van der Waals surface area (Å²) in [6.45, 7) is 0. The molecular formula is C16H12F3N5O. The highest BCUT2D eigenvalue weighted by Gasteiger charge is 2.38. The van der Waals surface area contributed by atoms with Crippen molar-refractivity contribution in [3.8, 4) is 0 Å². The van der Waals surface area contributed by atoms with Gasteiger partial charge in [-0.05, 0) is 37.1 Å². The lowest BCUT2D eigenvalue weighted by molar-refractivity contribution is -0.141. The third-order valence-electron chi connectivity index (χ3n) is 4.08. The maximum Gasteiger partial charge on any atom is 0.434 e. The molecule has 0 unspecified atom stereocenters. The summed E-state index contributed by atoms with van der Waals surface area (Å²) in [6, 6.07) is 5.82. The largest absolute Gasteiger partial charge is 0.434 e. The first kappa shape index (κ1) is 15.6. The SMILES string of the molecule is Nc1nn(C(=O)c2cccnc2C(F)(F)F)c2nc(C3CC3)ccc12. The van der Waals surface area contributed by atoms with Crippen molar-refractivity contribution in [1.29, 1.82) is 0 Å². The zero-order chi connectivity index (χ0) is 17.8. The predicted molar refractivity (Wildman–Crippen MR) is 82.9 cm³/mol. The molecule has 1 fully saturated rings. The zero-order valence-corrected chi connectivity index (χ0v) is 12.8. The first-order valence-corrected chi connectivity index (χ1v) is 7.58. The van der Waals surface area contributed by atoms with Gasteiger partial charge < -0.3 is 5.73 Å². The molecule has 0 radical (unpaired) electrons. The summed E-state index contributed by atoms with van der Waals surface area (Å²) in [5.74, 6) is -0.619. The quantitative estimate of drug-likeness (QED) is 0.770. The van der Waals surface area contributed by atoms with Gasteiger partial charge in [-0.1, -0.05) is 0 Å². The topological polar surface area (TPSA) is 86.7 Å². The monoisotopic (exact) mass is 347 g/mol. The fourth-order valence-corrected chi connectivity index (χ4v) is 2.70. The minimum atomic E-state index is -4.76. The Hall–Kier alpha value is -2.97. The molecule has 1 aliphatic rings. The van der Waals surface area contributed by atoms with Crippen molar-refractivity contribution in [2.45, 2.75) is 24.9 Å². The highest BCUT2D eigenvalue weighted by molar-refractivity contribution is 6.03. The van der Waals surface area contributed by atoms with Crippen LogP contribution in [0.2, 0.25) is 0 Å². The summed E-state index contributed by atoms with van der Waals surface area (Å²) in [4.78, 5) is 20.4. The van der Waals surface area contributed by atoms with Crippen molar-refractivity contribution < 1.29 is 18.0 Å². The van der Waals surface area contributed by atoms with Crippen LogP contribution < -0.4 is 5.73 Å². The van der Waals surface area contributed by atoms with Gasteiger partial charge in [-0.15, -0.1) is 5.10 Å². The minimum Gasteiger partial charge on any atom is -0.382 e. The summed E-state index contributed by atoms with van der Waals surface area (Å²) in [6.07, 6.45) is -1.78. The average molecular weight is 347 g/mol. The Kier molecular flexibility index (Phi) is 3.28. The number of nitrogens with two attached hydrogens (primary N) is 1. The third kappa shape index (κ3) is 2.61. The number of alkyl halides is 3. The van der Waals surface area contributed by atoms with Gasteiger partial charge in [0.15, 0.2) is 17.2 Å². The molecule has 4 rings (SSSR count). The average Bonchev–Trinajstić information content (AvgIpc) is 3.38. The molecule has 25 heavy (non-hydrogen) atoms. The second-order valence-electron chi connectivity index (χ2n) is 5.88. The Morgan fingerprint density at radius 3 is 2.68 bits per heavy atom. The number of nitrogen functional groups attached to an aromatic ring is 1. The molecule has 0 aromatic carbocycles. The number of aromatic nitrogens is 4. The molecule has 0 bridgehead atoms. The Bertz CT molecular complexity index is 991. The van der Waals surface area contributed by atoms with Crippen LogP contribution in [0.25, 0.3) is 11.0 Å². The molecule has 2 N–H and O–H groups in total. The number of carbonyl (C=O) groups is 1. The molecule has 6 nitrogen and oxygen atoms in total. The molecule has 3 aromatic heterocycles. The Morgan fingerprint density at radius 1 is 1.24 bits per heavy atom. The van der Waals surface area contributed by atoms with Gasteiger partial charge in [-0.2, -0.15) is 17.9 Å². The molecule has 3 aromatic rings. The van der Waals surface area contributed by atoms with Crippen LogP contribution in [0.3, 0.4) is 0 Å². The van der Waals surface area contributed by atoms with E-state index in [0.717, 1.165) is 35.5 Å². The number of fused-ring (bicyclic) bond motifs is 1. The lowest BCUT2D eigenvalue weighted by Gasteiger charge is -2.10. The van der Waals surface area contributed by atoms with Crippen LogP contribution in [0.15, 0.2) is 30.5 Å². The molecule has 1 aliphatic carbocycles. The molecule has 0 aliphatic heterocycles. The normalized spacial score (nSPS) is 14.8. The van der Waals surface area contributed by atoms with E-state index in [1.807, 2.05) is 0 Å². The first-order valence-electron chi connectivity index (χ1n) is 7.58. The summed E-state index contributed by atoms with van der Waals surface area (Å²) in [5.41, 5.74) is 4.87. The lowest BCUT2D eigenvalue weighted by Crippen LogP contribution is -2.21. The van der Waals surface area contributed by atoms with E-state index in [2.05, 4.69) is 15.1 Å². The lowest BCUT2D eigenvalue weighted by atomic mass is 10.1. The Morgan fingerprint density at radius 2 is 2.00 bits per heavy atom. The summed E-state index contributed by atoms with van der Waals surface area (Å²) < 4.78 is 40.2. The molecule has 9 heteroatoms. The van der Waals surface area contributed by atoms with Crippen molar-refractivity contribution in [1.82, 2.24) is 19.7 Å². The summed E-state index contributed by atoms with van der Waals surface area (Å²) >= 11 is 0. The molecule has 0 atom stereocenters. The summed E-state index contributed by atoms with van der Waals surface area (Å²) in [5, 5.41) is 4.32. The van der Waals surface area contributed by atoms with Crippen molar-refractivity contribution in [3.05, 3.63) is 47.4 Å². The van der Waals surface area contributed by atoms with E-state index in [4.69, 9.17) is 5.73 Å². The van der Waals surface area contributed by atoms with Crippen LogP contribution in [0.5, 0.6) is 0 Å². The van der Waals surface area contributed by atoms with Gasteiger partial charge >= 0.3 is 6.18 Å². The van der Waals surface area contributed by atoms with Crippen LogP contribution in [0.1, 0.15) is 40.5 Å². The van der Waals surface area contributed by atoms with Crippen LogP contribution in [-0.4, -0.2) is 25.7 Å². The van der Waals surface area contributed by atoms with E-state index in [-0.39, 0.29) is 11.5 Å². The van der Waals surface area contributed by atoms with Crippen LogP contribution in [0, 0.1) is 0 Å². The Labute approximate surface area is 139 Å². The maximum atomic E-state index is 13.1. The Balaban J connectivity index is 1.87. The molecule has 128 valence electrons. The number of halogens is 3. The highest BCUT2D eigenvalue weighted by atomic mass is 19.4. The number of hydrogen-bond acceptors (Lipinski definition) is 5. The van der Waals surface area contributed by atoms with E-state index < -0.39 is 23.3 Å². The van der Waals surface area contributed by atoms with Crippen molar-refractivity contribution in [3.63, 3.8) is 0 Å². The van der Waals surface area contributed by atoms with Gasteiger partial charge in [0.25, 0.3) is 5.91 Å². The standard InChI is InChI=1S/C16H12F3N5O/c17-16(18,19)12-9(2-1-7-21-12)15(25)24-14-10(13(20)23-24)5-6-11(22-14)8-3-4-8/h1-2,5-8H,3-4H2,(H2,20,23). The van der Waals surface area contributed by atoms with Gasteiger partial charge in [-0.3, -0.25) is 9.78 Å². The first-order chi connectivity index (χ1) is 11.9. The number of hydrogen-bond donors (Lipinski definition) is 1. The van der Waals surface area contributed by atoms with Gasteiger partial charge in [0.2, 0.25) is 0 Å². The van der Waals surface area contributed by atoms with E-state index in [1.165, 1.54) is 6.07 Å². The van der Waals surface area contributed by atoms with E-state index >= 15 is 0 Å². The number of anilines is 1. The molecular weight excluding hydrogens is 335 g/mol. The predicted octanol–water partition coefficient (Wildman–Crippen LogP) is 2.99. The van der Waals surface area contributed by atoms with Gasteiger partial charge in [0.1, 0.15) is 0 Å². The maximum absolute atomic E-state index is 13.1. The van der Waals surface area contributed by atoms with E-state index in [0.29, 0.717) is 11.3 Å². The third-order valence-corrected chi connectivity index (χ3v) is 4.08. The van der Waals surface area contributed by atoms with Crippen LogP contribution in [0.4, 0.5) is 19.0 Å². The van der Waals surface area contributed by atoms with E-state index in [1.54, 1.807) is 12.1 Å². The molecule has 0 spiro atoms. The van der Waals surface area contributed by atoms with Gasteiger partial charge in [0.05, 0.1) is 10.9 Å².